The monoisotopic (exact) mass is 484 g/mol. The normalized spacial score (nSPS) is 13.9. The van der Waals surface area contributed by atoms with Crippen molar-refractivity contribution in [3.8, 4) is 11.3 Å². The van der Waals surface area contributed by atoms with Crippen LogP contribution in [0.5, 0.6) is 0 Å². The topological polar surface area (TPSA) is 84.2 Å². The molecule has 10 heteroatoms. The lowest BCUT2D eigenvalue weighted by Crippen LogP contribution is -2.48. The number of fused-ring (bicyclic) bond motifs is 3. The molecular weight excluding hydrogens is 465 g/mol. The van der Waals surface area contributed by atoms with Gasteiger partial charge >= 0.3 is 11.9 Å². The second kappa shape index (κ2) is 8.69. The van der Waals surface area contributed by atoms with Crippen molar-refractivity contribution < 1.29 is 23.0 Å². The zero-order chi connectivity index (χ0) is 23.9. The van der Waals surface area contributed by atoms with E-state index in [4.69, 9.17) is 5.73 Å². The largest absolute Gasteiger partial charge is 0.419 e. The number of nitrogens with zero attached hydrogens (tertiary/aromatic N) is 2. The lowest BCUT2D eigenvalue weighted by atomic mass is 10.1. The number of hydrogen-bond acceptors (Lipinski definition) is 6. The Morgan fingerprint density at radius 2 is 1.94 bits per heavy atom. The molecule has 174 valence electrons. The molecule has 1 aliphatic heterocycles. The predicted octanol–water partition coefficient (Wildman–Crippen LogP) is 5.61. The molecule has 5 rings (SSSR count). The summed E-state index contributed by atoms with van der Waals surface area (Å²) >= 11 is 1.53. The summed E-state index contributed by atoms with van der Waals surface area (Å²) in [5.74, 6) is -6.43. The van der Waals surface area contributed by atoms with Crippen LogP contribution in [0.15, 0.2) is 76.8 Å². The zero-order valence-electron chi connectivity index (χ0n) is 17.7. The van der Waals surface area contributed by atoms with Crippen molar-refractivity contribution in [3.05, 3.63) is 67.0 Å². The minimum atomic E-state index is -4.14. The summed E-state index contributed by atoms with van der Waals surface area (Å²) < 4.78 is 40.1. The van der Waals surface area contributed by atoms with E-state index in [0.29, 0.717) is 0 Å². The molecule has 34 heavy (non-hydrogen) atoms. The van der Waals surface area contributed by atoms with Gasteiger partial charge in [-0.1, -0.05) is 36.0 Å². The van der Waals surface area contributed by atoms with Crippen LogP contribution < -0.4 is 10.6 Å². The van der Waals surface area contributed by atoms with E-state index in [-0.39, 0.29) is 13.0 Å². The summed E-state index contributed by atoms with van der Waals surface area (Å²) in [6.45, 7) is 0.0760. The Morgan fingerprint density at radius 3 is 2.74 bits per heavy atom. The first-order valence-corrected chi connectivity index (χ1v) is 11.3. The molecule has 2 aromatic heterocycles. The van der Waals surface area contributed by atoms with Gasteiger partial charge in [-0.3, -0.25) is 4.98 Å². The smallest absolute Gasteiger partial charge is 0.355 e. The molecule has 4 aromatic rings. The van der Waals surface area contributed by atoms with Gasteiger partial charge < -0.3 is 15.6 Å². The SMILES string of the molecule is NC(CCN1c2ccncc2Sc2cc(-c3cc4ccccc4[nH]3)ccc21)C(F)(F)C(=O)OF. The van der Waals surface area contributed by atoms with Crippen LogP contribution in [0.25, 0.3) is 22.2 Å². The van der Waals surface area contributed by atoms with Gasteiger partial charge in [0.05, 0.1) is 22.3 Å². The van der Waals surface area contributed by atoms with E-state index in [1.807, 2.05) is 47.4 Å². The maximum atomic E-state index is 14.0. The van der Waals surface area contributed by atoms with E-state index in [2.05, 4.69) is 21.0 Å². The predicted molar refractivity (Wildman–Crippen MR) is 124 cm³/mol. The number of alkyl halides is 2. The van der Waals surface area contributed by atoms with Crippen molar-refractivity contribution in [1.82, 2.24) is 9.97 Å². The van der Waals surface area contributed by atoms with E-state index in [1.54, 1.807) is 18.5 Å². The Balaban J connectivity index is 1.47. The van der Waals surface area contributed by atoms with Gasteiger partial charge in [0.15, 0.2) is 0 Å². The fourth-order valence-electron chi connectivity index (χ4n) is 4.03. The van der Waals surface area contributed by atoms with E-state index in [9.17, 15) is 18.1 Å². The van der Waals surface area contributed by atoms with Crippen LogP contribution in [0.4, 0.5) is 24.7 Å². The highest BCUT2D eigenvalue weighted by molar-refractivity contribution is 7.99. The number of nitrogens with two attached hydrogens (primary N) is 1. The van der Waals surface area contributed by atoms with Gasteiger partial charge in [0.1, 0.15) is 0 Å². The number of carbonyl (C=O) groups is 1. The molecule has 0 aliphatic carbocycles. The molecule has 1 aliphatic rings. The number of rotatable bonds is 6. The van der Waals surface area contributed by atoms with Gasteiger partial charge in [0, 0.05) is 45.0 Å². The van der Waals surface area contributed by atoms with Crippen molar-refractivity contribution in [2.75, 3.05) is 11.4 Å². The van der Waals surface area contributed by atoms with Gasteiger partial charge in [-0.05, 0) is 42.3 Å². The maximum absolute atomic E-state index is 14.0. The first-order chi connectivity index (χ1) is 16.4. The van der Waals surface area contributed by atoms with Crippen LogP contribution in [-0.4, -0.2) is 34.4 Å². The third kappa shape index (κ3) is 3.88. The van der Waals surface area contributed by atoms with E-state index < -0.39 is 17.9 Å². The molecule has 6 nitrogen and oxygen atoms in total. The van der Waals surface area contributed by atoms with E-state index >= 15 is 0 Å². The number of nitrogens with one attached hydrogen (secondary N) is 1. The van der Waals surface area contributed by atoms with Crippen LogP contribution in [0.3, 0.4) is 0 Å². The van der Waals surface area contributed by atoms with Crippen LogP contribution in [-0.2, 0) is 9.74 Å². The van der Waals surface area contributed by atoms with Crippen LogP contribution >= 0.6 is 11.8 Å². The first-order valence-electron chi connectivity index (χ1n) is 10.5. The fraction of sp³-hybridized carbons (Fsp3) is 0.167. The second-order valence-electron chi connectivity index (χ2n) is 7.93. The van der Waals surface area contributed by atoms with Crippen molar-refractivity contribution in [2.45, 2.75) is 28.2 Å². The molecule has 3 N–H and O–H groups in total. The zero-order valence-corrected chi connectivity index (χ0v) is 18.5. The van der Waals surface area contributed by atoms with Crippen molar-refractivity contribution >= 4 is 40.0 Å². The summed E-state index contributed by atoms with van der Waals surface area (Å²) in [6, 6.07) is 15.8. The van der Waals surface area contributed by atoms with Crippen molar-refractivity contribution in [3.63, 3.8) is 0 Å². The molecule has 2 aromatic carbocycles. The Hall–Kier alpha value is -3.50. The summed E-state index contributed by atoms with van der Waals surface area (Å²) in [5, 5.41) is 1.10. The molecule has 0 saturated carbocycles. The number of pyridine rings is 1. The van der Waals surface area contributed by atoms with Crippen molar-refractivity contribution in [1.29, 1.82) is 0 Å². The molecular formula is C24H19F3N4O2S. The summed E-state index contributed by atoms with van der Waals surface area (Å²) in [6.07, 6.45) is 3.05. The number of benzene rings is 2. The molecule has 0 fully saturated rings. The number of hydrogen-bond donors (Lipinski definition) is 2. The minimum Gasteiger partial charge on any atom is -0.355 e. The first kappa shape index (κ1) is 22.3. The standard InChI is InChI=1S/C24H19F3N4O2S/c25-24(26,23(32)33-27)22(28)8-10-31-18-6-5-15(17-11-14-3-1-2-4-16(14)30-17)12-20(18)34-21-13-29-9-7-19(21)31/h1-7,9,11-13,22,30H,8,10,28H2. The Morgan fingerprint density at radius 1 is 1.15 bits per heavy atom. The molecule has 0 amide bonds. The van der Waals surface area contributed by atoms with Gasteiger partial charge in [0.25, 0.3) is 0 Å². The van der Waals surface area contributed by atoms with Gasteiger partial charge in [-0.15, -0.1) is 0 Å². The third-order valence-corrected chi connectivity index (χ3v) is 6.92. The molecule has 0 saturated heterocycles. The number of carbonyl (C=O) groups excluding carboxylic acids is 1. The lowest BCUT2D eigenvalue weighted by molar-refractivity contribution is -0.214. The molecule has 3 heterocycles. The number of anilines is 2. The number of para-hydroxylation sites is 1. The summed E-state index contributed by atoms with van der Waals surface area (Å²) in [4.78, 5) is 25.0. The Labute approximate surface area is 196 Å². The lowest BCUT2D eigenvalue weighted by Gasteiger charge is -2.34. The third-order valence-electron chi connectivity index (χ3n) is 5.84. The van der Waals surface area contributed by atoms with Gasteiger partial charge in [-0.2, -0.15) is 8.78 Å². The number of H-pyrrole nitrogens is 1. The number of aromatic nitrogens is 2. The Bertz CT molecular complexity index is 1340. The van der Waals surface area contributed by atoms with Crippen LogP contribution in [0.1, 0.15) is 6.42 Å². The highest BCUT2D eigenvalue weighted by Crippen LogP contribution is 2.49. The van der Waals surface area contributed by atoms with Crippen LogP contribution in [0, 0.1) is 0 Å². The molecule has 0 radical (unpaired) electrons. The molecule has 0 bridgehead atoms. The molecule has 1 unspecified atom stereocenters. The Kier molecular flexibility index (Phi) is 5.70. The van der Waals surface area contributed by atoms with Crippen molar-refractivity contribution in [2.24, 2.45) is 5.73 Å². The molecule has 1 atom stereocenters. The minimum absolute atomic E-state index is 0.0760. The summed E-state index contributed by atoms with van der Waals surface area (Å²) in [5.41, 5.74) is 10.1. The van der Waals surface area contributed by atoms with Gasteiger partial charge in [-0.25, -0.2) is 9.74 Å². The average molecular weight is 485 g/mol. The highest BCUT2D eigenvalue weighted by Gasteiger charge is 2.48. The van der Waals surface area contributed by atoms with E-state index in [0.717, 1.165) is 43.3 Å². The van der Waals surface area contributed by atoms with E-state index in [1.165, 1.54) is 11.8 Å². The highest BCUT2D eigenvalue weighted by atomic mass is 32.2. The second-order valence-corrected chi connectivity index (χ2v) is 9.02. The number of halogens is 3. The fourth-order valence-corrected chi connectivity index (χ4v) is 5.13. The summed E-state index contributed by atoms with van der Waals surface area (Å²) in [7, 11) is 0. The van der Waals surface area contributed by atoms with Crippen LogP contribution in [0.2, 0.25) is 0 Å². The maximum Gasteiger partial charge on any atom is 0.419 e. The molecule has 0 spiro atoms. The average Bonchev–Trinajstić information content (AvgIpc) is 3.29. The quantitative estimate of drug-likeness (QED) is 0.370. The van der Waals surface area contributed by atoms with Gasteiger partial charge in [0.2, 0.25) is 0 Å². The number of aromatic amines is 1.